The summed E-state index contributed by atoms with van der Waals surface area (Å²) in [7, 11) is 0. The number of nitrogens with one attached hydrogen (secondary N) is 1. The Morgan fingerprint density at radius 3 is 2.81 bits per heavy atom. The van der Waals surface area contributed by atoms with Gasteiger partial charge in [0.2, 0.25) is 0 Å². The van der Waals surface area contributed by atoms with Crippen molar-refractivity contribution in [2.24, 2.45) is 5.73 Å². The van der Waals surface area contributed by atoms with Crippen molar-refractivity contribution in [1.29, 1.82) is 0 Å². The largest absolute Gasteiger partial charge is 0.484 e. The third-order valence-electron chi connectivity index (χ3n) is 3.00. The van der Waals surface area contributed by atoms with Crippen LogP contribution in [-0.4, -0.2) is 12.5 Å². The SMILES string of the molecule is Cc1cc(Cl)ccc1CNc1cccc(OCC(N)=O)c1. The molecular weight excluding hydrogens is 288 g/mol. The van der Waals surface area contributed by atoms with Gasteiger partial charge in [-0.2, -0.15) is 0 Å². The van der Waals surface area contributed by atoms with Gasteiger partial charge in [-0.25, -0.2) is 0 Å². The molecule has 1 amide bonds. The lowest BCUT2D eigenvalue weighted by Gasteiger charge is -2.11. The maximum Gasteiger partial charge on any atom is 0.255 e. The molecule has 0 aliphatic rings. The molecule has 0 fully saturated rings. The number of primary amides is 1. The predicted octanol–water partition coefficient (Wildman–Crippen LogP) is 3.12. The summed E-state index contributed by atoms with van der Waals surface area (Å²) >= 11 is 5.94. The molecule has 0 aromatic heterocycles. The maximum atomic E-state index is 10.7. The van der Waals surface area contributed by atoms with Crippen LogP contribution >= 0.6 is 11.6 Å². The number of ether oxygens (including phenoxy) is 1. The average molecular weight is 305 g/mol. The smallest absolute Gasteiger partial charge is 0.255 e. The first kappa shape index (κ1) is 15.2. The molecule has 5 heteroatoms. The molecule has 0 radical (unpaired) electrons. The number of benzene rings is 2. The molecule has 2 aromatic rings. The highest BCUT2D eigenvalue weighted by atomic mass is 35.5. The van der Waals surface area contributed by atoms with Gasteiger partial charge in [-0.1, -0.05) is 23.7 Å². The van der Waals surface area contributed by atoms with Crippen molar-refractivity contribution in [3.8, 4) is 5.75 Å². The minimum atomic E-state index is -0.495. The van der Waals surface area contributed by atoms with Crippen LogP contribution in [0.5, 0.6) is 5.75 Å². The number of nitrogens with two attached hydrogens (primary N) is 1. The number of hydrogen-bond acceptors (Lipinski definition) is 3. The van der Waals surface area contributed by atoms with Gasteiger partial charge in [-0.05, 0) is 42.3 Å². The first-order valence-electron chi connectivity index (χ1n) is 6.54. The van der Waals surface area contributed by atoms with Crippen LogP contribution in [0.25, 0.3) is 0 Å². The number of amides is 1. The van der Waals surface area contributed by atoms with E-state index in [4.69, 9.17) is 22.1 Å². The molecular formula is C16H17ClN2O2. The van der Waals surface area contributed by atoms with E-state index in [0.29, 0.717) is 12.3 Å². The molecule has 0 heterocycles. The second-order valence-corrected chi connectivity index (χ2v) is 5.14. The summed E-state index contributed by atoms with van der Waals surface area (Å²) in [5.74, 6) is 0.108. The van der Waals surface area contributed by atoms with E-state index < -0.39 is 5.91 Å². The summed E-state index contributed by atoms with van der Waals surface area (Å²) in [6.45, 7) is 2.58. The Morgan fingerprint density at radius 1 is 1.29 bits per heavy atom. The van der Waals surface area contributed by atoms with Crippen LogP contribution in [0.2, 0.25) is 5.02 Å². The van der Waals surface area contributed by atoms with Gasteiger partial charge in [-0.15, -0.1) is 0 Å². The van der Waals surface area contributed by atoms with Crippen molar-refractivity contribution in [3.63, 3.8) is 0 Å². The topological polar surface area (TPSA) is 64.3 Å². The average Bonchev–Trinajstić information content (AvgIpc) is 2.45. The number of halogens is 1. The van der Waals surface area contributed by atoms with Crippen LogP contribution in [0.3, 0.4) is 0 Å². The molecule has 0 saturated heterocycles. The number of carbonyl (C=O) groups excluding carboxylic acids is 1. The van der Waals surface area contributed by atoms with E-state index in [0.717, 1.165) is 16.3 Å². The Labute approximate surface area is 128 Å². The molecule has 3 N–H and O–H groups in total. The third-order valence-corrected chi connectivity index (χ3v) is 3.24. The standard InChI is InChI=1S/C16H17ClN2O2/c1-11-7-13(17)6-5-12(11)9-19-14-3-2-4-15(8-14)21-10-16(18)20/h2-8,19H,9-10H2,1H3,(H2,18,20). The fourth-order valence-corrected chi connectivity index (χ4v) is 2.13. The van der Waals surface area contributed by atoms with Crippen LogP contribution in [0, 0.1) is 6.92 Å². The molecule has 0 spiro atoms. The molecule has 0 saturated carbocycles. The van der Waals surface area contributed by atoms with Crippen molar-refractivity contribution in [3.05, 3.63) is 58.6 Å². The molecule has 0 atom stereocenters. The number of anilines is 1. The van der Waals surface area contributed by atoms with Crippen LogP contribution in [-0.2, 0) is 11.3 Å². The lowest BCUT2D eigenvalue weighted by atomic mass is 10.1. The molecule has 2 aromatic carbocycles. The Bertz CT molecular complexity index is 644. The van der Waals surface area contributed by atoms with E-state index in [9.17, 15) is 4.79 Å². The summed E-state index contributed by atoms with van der Waals surface area (Å²) in [6, 6.07) is 13.2. The lowest BCUT2D eigenvalue weighted by molar-refractivity contribution is -0.119. The van der Waals surface area contributed by atoms with Gasteiger partial charge in [0.05, 0.1) is 0 Å². The lowest BCUT2D eigenvalue weighted by Crippen LogP contribution is -2.20. The van der Waals surface area contributed by atoms with Gasteiger partial charge >= 0.3 is 0 Å². The van der Waals surface area contributed by atoms with E-state index in [1.165, 1.54) is 5.56 Å². The predicted molar refractivity (Wildman–Crippen MR) is 84.6 cm³/mol. The van der Waals surface area contributed by atoms with Gasteiger partial charge in [0.25, 0.3) is 5.91 Å². The zero-order chi connectivity index (χ0) is 15.2. The highest BCUT2D eigenvalue weighted by Crippen LogP contribution is 2.20. The molecule has 2 rings (SSSR count). The Hall–Kier alpha value is -2.20. The Morgan fingerprint density at radius 2 is 2.10 bits per heavy atom. The van der Waals surface area contributed by atoms with E-state index in [1.807, 2.05) is 43.3 Å². The quantitative estimate of drug-likeness (QED) is 0.862. The first-order valence-corrected chi connectivity index (χ1v) is 6.92. The van der Waals surface area contributed by atoms with Crippen molar-refractivity contribution in [2.75, 3.05) is 11.9 Å². The Balaban J connectivity index is 1.99. The fraction of sp³-hybridized carbons (Fsp3) is 0.188. The summed E-state index contributed by atoms with van der Waals surface area (Å²) < 4.78 is 5.27. The minimum absolute atomic E-state index is 0.125. The monoisotopic (exact) mass is 304 g/mol. The van der Waals surface area contributed by atoms with Crippen molar-refractivity contribution < 1.29 is 9.53 Å². The summed E-state index contributed by atoms with van der Waals surface area (Å²) in [5.41, 5.74) is 8.26. The van der Waals surface area contributed by atoms with Gasteiger partial charge in [0.1, 0.15) is 5.75 Å². The van der Waals surface area contributed by atoms with Gasteiger partial charge in [0.15, 0.2) is 6.61 Å². The molecule has 110 valence electrons. The zero-order valence-electron chi connectivity index (χ0n) is 11.7. The second kappa shape index (κ2) is 6.99. The second-order valence-electron chi connectivity index (χ2n) is 4.71. The number of aryl methyl sites for hydroxylation is 1. The first-order chi connectivity index (χ1) is 10.0. The fourth-order valence-electron chi connectivity index (χ4n) is 1.91. The van der Waals surface area contributed by atoms with Crippen LogP contribution in [0.1, 0.15) is 11.1 Å². The van der Waals surface area contributed by atoms with E-state index in [1.54, 1.807) is 6.07 Å². The highest BCUT2D eigenvalue weighted by molar-refractivity contribution is 6.30. The molecule has 4 nitrogen and oxygen atoms in total. The van der Waals surface area contributed by atoms with Crippen LogP contribution < -0.4 is 15.8 Å². The van der Waals surface area contributed by atoms with Gasteiger partial charge in [-0.3, -0.25) is 4.79 Å². The van der Waals surface area contributed by atoms with E-state index in [2.05, 4.69) is 5.32 Å². The summed E-state index contributed by atoms with van der Waals surface area (Å²) in [5, 5.41) is 4.04. The zero-order valence-corrected chi connectivity index (χ0v) is 12.5. The molecule has 0 aliphatic heterocycles. The molecule has 0 unspecified atom stereocenters. The molecule has 21 heavy (non-hydrogen) atoms. The molecule has 0 aliphatic carbocycles. The van der Waals surface area contributed by atoms with Crippen molar-refractivity contribution >= 4 is 23.2 Å². The van der Waals surface area contributed by atoms with Gasteiger partial charge < -0.3 is 15.8 Å². The van der Waals surface area contributed by atoms with Crippen molar-refractivity contribution in [1.82, 2.24) is 0 Å². The third kappa shape index (κ3) is 4.68. The van der Waals surface area contributed by atoms with Crippen LogP contribution in [0.4, 0.5) is 5.69 Å². The number of carbonyl (C=O) groups is 1. The Kier molecular flexibility index (Phi) is 5.06. The molecule has 0 bridgehead atoms. The van der Waals surface area contributed by atoms with Crippen LogP contribution in [0.15, 0.2) is 42.5 Å². The number of hydrogen-bond donors (Lipinski definition) is 2. The highest BCUT2D eigenvalue weighted by Gasteiger charge is 2.02. The summed E-state index contributed by atoms with van der Waals surface area (Å²) in [6.07, 6.45) is 0. The van der Waals surface area contributed by atoms with E-state index in [-0.39, 0.29) is 6.61 Å². The van der Waals surface area contributed by atoms with Crippen molar-refractivity contribution in [2.45, 2.75) is 13.5 Å². The van der Waals surface area contributed by atoms with E-state index >= 15 is 0 Å². The maximum absolute atomic E-state index is 10.7. The van der Waals surface area contributed by atoms with Gasteiger partial charge in [0, 0.05) is 23.3 Å². The summed E-state index contributed by atoms with van der Waals surface area (Å²) in [4.78, 5) is 10.7. The normalized spacial score (nSPS) is 10.2. The number of rotatable bonds is 6. The minimum Gasteiger partial charge on any atom is -0.484 e.